The van der Waals surface area contributed by atoms with Gasteiger partial charge in [0.25, 0.3) is 0 Å². The molecule has 21 nitrogen and oxygen atoms in total. The smallest absolute Gasteiger partial charge is 0.408 e. The number of benzene rings is 1. The summed E-state index contributed by atoms with van der Waals surface area (Å²) in [5.74, 6) is -3.61. The Balaban J connectivity index is 2.19. The van der Waals surface area contributed by atoms with E-state index in [1.54, 1.807) is 34.6 Å². The number of fused-ring (bicyclic) bond motifs is 2. The summed E-state index contributed by atoms with van der Waals surface area (Å²) in [4.78, 5) is 113. The van der Waals surface area contributed by atoms with Crippen molar-refractivity contribution in [2.24, 2.45) is 5.92 Å². The van der Waals surface area contributed by atoms with Gasteiger partial charge in [0, 0.05) is 32.0 Å². The van der Waals surface area contributed by atoms with Gasteiger partial charge in [-0.2, -0.15) is 0 Å². The fraction of sp³-hybridized carbons (Fsp3) is 0.819. The van der Waals surface area contributed by atoms with Crippen molar-refractivity contribution in [1.82, 2.24) is 36.4 Å². The second kappa shape index (κ2) is 31.9. The largest absolute Gasteiger partial charge is 0.544 e. The number of ether oxygens (including phenoxy) is 1. The number of alkyl carbamates (subject to hydrolysis) is 1. The van der Waals surface area contributed by atoms with E-state index in [9.17, 15) is 4.79 Å². The molecule has 12 atom stereocenters. The van der Waals surface area contributed by atoms with Crippen molar-refractivity contribution in [1.29, 1.82) is 0 Å². The van der Waals surface area contributed by atoms with Crippen molar-refractivity contribution in [2.75, 3.05) is 19.6 Å². The van der Waals surface area contributed by atoms with Crippen molar-refractivity contribution < 1.29 is 64.9 Å². The molecule has 568 valence electrons. The Hall–Kier alpha value is -3.79. The highest BCUT2D eigenvalue weighted by molar-refractivity contribution is 6.76. The zero-order valence-corrected chi connectivity index (χ0v) is 73.8. The maximum absolute atomic E-state index is 16.5. The highest BCUT2D eigenvalue weighted by Gasteiger charge is 2.55. The molecule has 3 fully saturated rings. The van der Waals surface area contributed by atoms with E-state index in [0.717, 1.165) is 5.56 Å². The van der Waals surface area contributed by atoms with E-state index < -0.39 is 164 Å². The molecule has 0 aliphatic carbocycles. The molecule has 0 radical (unpaired) electrons. The molecule has 0 spiro atoms. The molecule has 1 aromatic carbocycles. The Bertz CT molecular complexity index is 2970. The third kappa shape index (κ3) is 23.4. The van der Waals surface area contributed by atoms with Crippen LogP contribution < -0.4 is 31.0 Å². The van der Waals surface area contributed by atoms with Gasteiger partial charge >= 0.3 is 6.09 Å². The normalized spacial score (nSPS) is 25.3. The zero-order chi connectivity index (χ0) is 76.5. The van der Waals surface area contributed by atoms with Crippen LogP contribution in [0.5, 0.6) is 5.75 Å². The summed E-state index contributed by atoms with van der Waals surface area (Å²) in [6.45, 7) is 69.4. The van der Waals surface area contributed by atoms with Crippen LogP contribution in [-0.2, 0) is 62.1 Å². The molecule has 0 saturated carbocycles. The summed E-state index contributed by atoms with van der Waals surface area (Å²) in [5, 5.41) is 14.0. The molecule has 7 amide bonds. The van der Waals surface area contributed by atoms with Gasteiger partial charge in [-0.05, 0) is 182 Å². The van der Waals surface area contributed by atoms with Gasteiger partial charge in [-0.3, -0.25) is 28.8 Å². The van der Waals surface area contributed by atoms with Gasteiger partial charge in [-0.15, -0.1) is 0 Å². The molecule has 3 heterocycles. The van der Waals surface area contributed by atoms with E-state index in [1.807, 2.05) is 63.9 Å². The number of carbonyl (C=O) groups is 7. The average molecular weight is 1490 g/mol. The van der Waals surface area contributed by atoms with Crippen molar-refractivity contribution in [3.63, 3.8) is 0 Å². The lowest BCUT2D eigenvalue weighted by molar-refractivity contribution is -0.146. The van der Waals surface area contributed by atoms with E-state index in [2.05, 4.69) is 183 Å². The molecule has 5 N–H and O–H groups in total. The summed E-state index contributed by atoms with van der Waals surface area (Å²) in [6.07, 6.45) is -5.21. The maximum Gasteiger partial charge on any atom is 0.408 e. The quantitative estimate of drug-likeness (QED) is 0.0858. The SMILES string of the molecule is CC(O[Si](C)(C)C(C)(C)C)[C@@H]1NC(=O)[C@H]([C@@H](Cc2ccc(O[Si](C)(C)C(C)(C)C)cc2)O[Si](C)(C)C)NC(=O)[C@@H]2C[C@@H](O[Si](C)(C)C(C)(C)C)CN2C(=O)[C@H](C(C)O[Si](C)(C)C(C)(C)C)NC(=O)[C@H](NC(=O)OC(C)(C)C)CCCNC(=O)[C@@H]2[C@@H](O[Si](C)(C)C(C)(C)C)[C@@H](C)CN2C1=O. The van der Waals surface area contributed by atoms with Crippen LogP contribution in [0, 0.1) is 5.92 Å². The minimum Gasteiger partial charge on any atom is -0.544 e. The highest BCUT2D eigenvalue weighted by Crippen LogP contribution is 2.44. The summed E-state index contributed by atoms with van der Waals surface area (Å²) in [6, 6.07) is -0.547. The van der Waals surface area contributed by atoms with Gasteiger partial charge in [-0.25, -0.2) is 4.79 Å². The van der Waals surface area contributed by atoms with Crippen LogP contribution in [0.15, 0.2) is 24.3 Å². The number of carbonyl (C=O) groups excluding carboxylic acids is 7. The van der Waals surface area contributed by atoms with Crippen molar-refractivity contribution in [2.45, 2.75) is 354 Å². The molecule has 3 saturated heterocycles. The first-order valence-electron chi connectivity index (χ1n) is 36.3. The van der Waals surface area contributed by atoms with Crippen LogP contribution in [0.25, 0.3) is 0 Å². The van der Waals surface area contributed by atoms with E-state index in [0.29, 0.717) is 5.75 Å². The Morgan fingerprint density at radius 2 is 0.990 bits per heavy atom. The number of nitrogens with zero attached hydrogens (tertiary/aromatic N) is 2. The van der Waals surface area contributed by atoms with Gasteiger partial charge in [0.1, 0.15) is 47.6 Å². The molecule has 1 aromatic rings. The van der Waals surface area contributed by atoms with Gasteiger partial charge in [0.15, 0.2) is 41.6 Å². The van der Waals surface area contributed by atoms with Gasteiger partial charge in [-0.1, -0.05) is 123 Å². The minimum atomic E-state index is -2.77. The molecule has 3 aliphatic heterocycles. The standard InChI is InChI=1S/C72H137N7O14Si6/c1-46-44-79-58(59(46)93-99(33,34)72(19,20)21)63(83)73-41-35-36-52(74-66(86)87-67(4,5)6)60(80)75-55(47(2)88-95(25,26)68(7,8)9)64(84)78-45-51(91-98(31,32)71(16,17)18)43-53(78)61(81)77-57(62(82)76-56(65(79)85)48(3)89-96(27,28)69(10,11)12)54(92-94(22,23)24)42-49-37-39-50(40-38-49)90-97(29,30)70(13,14)15/h37-40,46-48,51-59H,35-36,41-45H2,1-34H3,(H,73,83)(H,74,86)(H,75,80)(H,76,82)(H,77,81)/t46-,47?,48?,51+,52+,53-,54+,55-,56-,57-,58-,59-/m0/s1. The topological polar surface area (TPSA) is 251 Å². The van der Waals surface area contributed by atoms with E-state index in [4.69, 9.17) is 31.3 Å². The Morgan fingerprint density at radius 1 is 0.545 bits per heavy atom. The van der Waals surface area contributed by atoms with E-state index >= 15 is 28.8 Å². The fourth-order valence-electron chi connectivity index (χ4n) is 11.2. The number of hydrogen-bond donors (Lipinski definition) is 5. The number of rotatable bonds is 18. The summed E-state index contributed by atoms with van der Waals surface area (Å²) in [7, 11) is -15.8. The Morgan fingerprint density at radius 3 is 1.44 bits per heavy atom. The molecular weight excluding hydrogens is 1360 g/mol. The zero-order valence-electron chi connectivity index (χ0n) is 67.8. The lowest BCUT2D eigenvalue weighted by Gasteiger charge is -2.42. The Kier molecular flexibility index (Phi) is 28.2. The summed E-state index contributed by atoms with van der Waals surface area (Å²) in [5.41, 5.74) is -0.183. The second-order valence-corrected chi connectivity index (χ2v) is 66.4. The Labute approximate surface area is 604 Å². The molecule has 99 heavy (non-hydrogen) atoms. The highest BCUT2D eigenvalue weighted by atomic mass is 28.4. The number of hydrogen-bond acceptors (Lipinski definition) is 14. The first kappa shape index (κ1) is 87.6. The van der Waals surface area contributed by atoms with E-state index in [1.165, 1.54) is 9.80 Å². The van der Waals surface area contributed by atoms with Crippen LogP contribution >= 0.6 is 0 Å². The van der Waals surface area contributed by atoms with Crippen molar-refractivity contribution >= 4 is 91.4 Å². The number of nitrogens with one attached hydrogen (secondary N) is 5. The van der Waals surface area contributed by atoms with Gasteiger partial charge in [0.2, 0.25) is 43.8 Å². The third-order valence-electron chi connectivity index (χ3n) is 22.2. The molecule has 0 bridgehead atoms. The van der Waals surface area contributed by atoms with Crippen LogP contribution in [0.4, 0.5) is 4.79 Å². The lowest BCUT2D eigenvalue weighted by atomic mass is 9.99. The van der Waals surface area contributed by atoms with Crippen molar-refractivity contribution in [3.8, 4) is 5.75 Å². The lowest BCUT2D eigenvalue weighted by Crippen LogP contribution is -2.65. The van der Waals surface area contributed by atoms with Crippen LogP contribution in [-0.4, -0.2) is 193 Å². The van der Waals surface area contributed by atoms with Crippen LogP contribution in [0.1, 0.15) is 170 Å². The van der Waals surface area contributed by atoms with Gasteiger partial charge < -0.3 is 67.7 Å². The third-order valence-corrected chi connectivity index (χ3v) is 45.7. The average Bonchev–Trinajstić information content (AvgIpc) is 1.66. The van der Waals surface area contributed by atoms with Crippen molar-refractivity contribution in [3.05, 3.63) is 29.8 Å². The second-order valence-electron chi connectivity index (χ2n) is 38.2. The first-order valence-corrected chi connectivity index (χ1v) is 54.3. The molecule has 2 unspecified atom stereocenters. The minimum absolute atomic E-state index is 0.0119. The van der Waals surface area contributed by atoms with Crippen LogP contribution in [0.2, 0.25) is 110 Å². The number of amides is 7. The molecule has 0 aromatic heterocycles. The monoisotopic (exact) mass is 1490 g/mol. The predicted octanol–water partition coefficient (Wildman–Crippen LogP) is 13.1. The fourth-order valence-corrected chi connectivity index (χ4v) is 19.0. The molecule has 27 heteroatoms. The molecule has 4 rings (SSSR count). The van der Waals surface area contributed by atoms with Gasteiger partial charge in [0.05, 0.1) is 30.5 Å². The summed E-state index contributed by atoms with van der Waals surface area (Å²) >= 11 is 0. The van der Waals surface area contributed by atoms with Crippen LogP contribution in [0.3, 0.4) is 0 Å². The molecule has 3 aliphatic rings. The maximum atomic E-state index is 16.5. The van der Waals surface area contributed by atoms with E-state index in [-0.39, 0.29) is 76.4 Å². The first-order chi connectivity index (χ1) is 44.3. The predicted molar refractivity (Wildman–Crippen MR) is 412 cm³/mol. The molecular formula is C72H137N7O14Si6. The summed E-state index contributed by atoms with van der Waals surface area (Å²) < 4.78 is 48.2.